The van der Waals surface area contributed by atoms with Gasteiger partial charge in [-0.25, -0.2) is 4.79 Å². The Morgan fingerprint density at radius 2 is 2.22 bits per heavy atom. The molecule has 1 aromatic carbocycles. The first-order chi connectivity index (χ1) is 8.83. The lowest BCUT2D eigenvalue weighted by Gasteiger charge is -2.45. The molecule has 18 heavy (non-hydrogen) atoms. The summed E-state index contributed by atoms with van der Waals surface area (Å²) < 4.78 is 5.34. The van der Waals surface area contributed by atoms with Crippen LogP contribution < -0.4 is 5.32 Å². The monoisotopic (exact) mass is 246 g/mol. The predicted octanol–water partition coefficient (Wildman–Crippen LogP) is 1.62. The second-order valence-electron chi connectivity index (χ2n) is 5.05. The number of ether oxygens (including phenoxy) is 1. The Morgan fingerprint density at radius 1 is 1.39 bits per heavy atom. The Hall–Kier alpha value is -1.55. The first kappa shape index (κ1) is 11.5. The van der Waals surface area contributed by atoms with Crippen molar-refractivity contribution in [1.82, 2.24) is 10.2 Å². The molecule has 0 unspecified atom stereocenters. The number of benzene rings is 1. The van der Waals surface area contributed by atoms with E-state index in [9.17, 15) is 4.79 Å². The van der Waals surface area contributed by atoms with Crippen molar-refractivity contribution >= 4 is 6.09 Å². The molecule has 4 nitrogen and oxygen atoms in total. The molecule has 0 spiro atoms. The molecule has 2 aliphatic rings. The number of carbonyl (C=O) groups excluding carboxylic acids is 1. The van der Waals surface area contributed by atoms with Crippen molar-refractivity contribution in [3.63, 3.8) is 0 Å². The van der Waals surface area contributed by atoms with Crippen molar-refractivity contribution in [1.29, 1.82) is 0 Å². The molecule has 1 aromatic rings. The molecular weight excluding hydrogens is 228 g/mol. The van der Waals surface area contributed by atoms with E-state index in [1.807, 2.05) is 35.2 Å². The SMILES string of the molecule is O=C(OCc1ccccc1)N1CC[C@H]2NC[C@H]2C1. The lowest BCUT2D eigenvalue weighted by Crippen LogP contribution is -2.62. The van der Waals surface area contributed by atoms with E-state index in [-0.39, 0.29) is 6.09 Å². The molecule has 0 aliphatic carbocycles. The maximum Gasteiger partial charge on any atom is 0.410 e. The van der Waals surface area contributed by atoms with Crippen molar-refractivity contribution in [3.05, 3.63) is 35.9 Å². The van der Waals surface area contributed by atoms with E-state index >= 15 is 0 Å². The van der Waals surface area contributed by atoms with Gasteiger partial charge in [0.15, 0.2) is 0 Å². The molecule has 0 aromatic heterocycles. The van der Waals surface area contributed by atoms with Crippen LogP contribution in [0.5, 0.6) is 0 Å². The molecular formula is C14H18N2O2. The molecule has 96 valence electrons. The molecule has 4 heteroatoms. The minimum atomic E-state index is -0.177. The molecule has 2 fully saturated rings. The zero-order valence-corrected chi connectivity index (χ0v) is 10.3. The van der Waals surface area contributed by atoms with Crippen LogP contribution in [0.15, 0.2) is 30.3 Å². The highest BCUT2D eigenvalue weighted by molar-refractivity contribution is 5.67. The fourth-order valence-corrected chi connectivity index (χ4v) is 2.63. The van der Waals surface area contributed by atoms with Crippen LogP contribution in [0.25, 0.3) is 0 Å². The fraction of sp³-hybridized carbons (Fsp3) is 0.500. The van der Waals surface area contributed by atoms with E-state index in [1.165, 1.54) is 0 Å². The molecule has 2 heterocycles. The number of carbonyl (C=O) groups is 1. The summed E-state index contributed by atoms with van der Waals surface area (Å²) in [7, 11) is 0. The minimum absolute atomic E-state index is 0.177. The zero-order valence-electron chi connectivity index (χ0n) is 10.3. The third-order valence-corrected chi connectivity index (χ3v) is 3.84. The first-order valence-electron chi connectivity index (χ1n) is 6.52. The van der Waals surface area contributed by atoms with Gasteiger partial charge in [-0.2, -0.15) is 0 Å². The number of likely N-dealkylation sites (tertiary alicyclic amines) is 1. The maximum absolute atomic E-state index is 11.9. The van der Waals surface area contributed by atoms with E-state index < -0.39 is 0 Å². The highest BCUT2D eigenvalue weighted by Gasteiger charge is 2.37. The zero-order chi connectivity index (χ0) is 12.4. The van der Waals surface area contributed by atoms with Gasteiger partial charge < -0.3 is 15.0 Å². The summed E-state index contributed by atoms with van der Waals surface area (Å²) in [5.41, 5.74) is 1.03. The summed E-state index contributed by atoms with van der Waals surface area (Å²) in [4.78, 5) is 13.8. The molecule has 1 N–H and O–H groups in total. The van der Waals surface area contributed by atoms with E-state index in [4.69, 9.17) is 4.74 Å². The number of fused-ring (bicyclic) bond motifs is 1. The Balaban J connectivity index is 1.49. The second-order valence-corrected chi connectivity index (χ2v) is 5.05. The van der Waals surface area contributed by atoms with Crippen LogP contribution in [-0.4, -0.2) is 36.7 Å². The van der Waals surface area contributed by atoms with Crippen molar-refractivity contribution in [2.45, 2.75) is 19.1 Å². The largest absolute Gasteiger partial charge is 0.445 e. The Morgan fingerprint density at radius 3 is 2.89 bits per heavy atom. The highest BCUT2D eigenvalue weighted by atomic mass is 16.6. The third kappa shape index (κ3) is 2.34. The predicted molar refractivity (Wildman–Crippen MR) is 68.1 cm³/mol. The highest BCUT2D eigenvalue weighted by Crippen LogP contribution is 2.23. The number of nitrogens with zero attached hydrogens (tertiary/aromatic N) is 1. The summed E-state index contributed by atoms with van der Waals surface area (Å²) in [5.74, 6) is 0.628. The number of rotatable bonds is 2. The summed E-state index contributed by atoms with van der Waals surface area (Å²) in [6.07, 6.45) is 0.870. The van der Waals surface area contributed by atoms with Crippen molar-refractivity contribution in [2.75, 3.05) is 19.6 Å². The Bertz CT molecular complexity index is 421. The molecule has 2 aliphatic heterocycles. The second kappa shape index (κ2) is 4.98. The number of hydrogen-bond donors (Lipinski definition) is 1. The van der Waals surface area contributed by atoms with Crippen LogP contribution in [0.1, 0.15) is 12.0 Å². The van der Waals surface area contributed by atoms with Crippen LogP contribution in [0, 0.1) is 5.92 Å². The molecule has 0 radical (unpaired) electrons. The molecule has 2 saturated heterocycles. The van der Waals surface area contributed by atoms with Gasteiger partial charge in [-0.3, -0.25) is 0 Å². The van der Waals surface area contributed by atoms with Crippen LogP contribution in [0.4, 0.5) is 4.79 Å². The normalized spacial score (nSPS) is 26.1. The average molecular weight is 246 g/mol. The average Bonchev–Trinajstić information content (AvgIpc) is 2.39. The Kier molecular flexibility index (Phi) is 3.19. The molecule has 2 atom stereocenters. The van der Waals surface area contributed by atoms with Crippen LogP contribution in [0.2, 0.25) is 0 Å². The van der Waals surface area contributed by atoms with Gasteiger partial charge >= 0.3 is 6.09 Å². The number of nitrogens with one attached hydrogen (secondary N) is 1. The standard InChI is InChI=1S/C14H18N2O2/c17-14(18-10-11-4-2-1-3-5-11)16-7-6-13-12(9-16)8-15-13/h1-5,12-13,15H,6-10H2/t12-,13+/m0/s1. The van der Waals surface area contributed by atoms with Gasteiger partial charge in [0.1, 0.15) is 6.61 Å². The van der Waals surface area contributed by atoms with Gasteiger partial charge in [0.2, 0.25) is 0 Å². The quantitative estimate of drug-likeness (QED) is 0.862. The summed E-state index contributed by atoms with van der Waals surface area (Å²) in [6.45, 7) is 3.04. The number of piperidine rings is 1. The lowest BCUT2D eigenvalue weighted by atomic mass is 9.85. The van der Waals surface area contributed by atoms with E-state index in [0.29, 0.717) is 18.6 Å². The van der Waals surface area contributed by atoms with Crippen molar-refractivity contribution < 1.29 is 9.53 Å². The summed E-state index contributed by atoms with van der Waals surface area (Å²) >= 11 is 0. The Labute approximate surface area is 107 Å². The van der Waals surface area contributed by atoms with Crippen molar-refractivity contribution in [2.24, 2.45) is 5.92 Å². The van der Waals surface area contributed by atoms with Crippen LogP contribution >= 0.6 is 0 Å². The van der Waals surface area contributed by atoms with E-state index in [0.717, 1.165) is 31.6 Å². The summed E-state index contributed by atoms with van der Waals surface area (Å²) in [5, 5.41) is 3.39. The van der Waals surface area contributed by atoms with E-state index in [2.05, 4.69) is 5.32 Å². The van der Waals surface area contributed by atoms with Gasteiger partial charge in [-0.1, -0.05) is 30.3 Å². The van der Waals surface area contributed by atoms with Gasteiger partial charge in [-0.15, -0.1) is 0 Å². The topological polar surface area (TPSA) is 41.6 Å². The smallest absolute Gasteiger partial charge is 0.410 e. The van der Waals surface area contributed by atoms with Gasteiger partial charge in [0.25, 0.3) is 0 Å². The van der Waals surface area contributed by atoms with Gasteiger partial charge in [0, 0.05) is 31.6 Å². The first-order valence-corrected chi connectivity index (χ1v) is 6.52. The summed E-state index contributed by atoms with van der Waals surface area (Å²) in [6, 6.07) is 10.4. The minimum Gasteiger partial charge on any atom is -0.445 e. The third-order valence-electron chi connectivity index (χ3n) is 3.84. The number of hydrogen-bond acceptors (Lipinski definition) is 3. The van der Waals surface area contributed by atoms with Gasteiger partial charge in [0.05, 0.1) is 0 Å². The van der Waals surface area contributed by atoms with Gasteiger partial charge in [-0.05, 0) is 12.0 Å². The molecule has 0 bridgehead atoms. The maximum atomic E-state index is 11.9. The lowest BCUT2D eigenvalue weighted by molar-refractivity contribution is 0.0508. The van der Waals surface area contributed by atoms with Crippen LogP contribution in [0.3, 0.4) is 0 Å². The number of amides is 1. The molecule has 3 rings (SSSR count). The fourth-order valence-electron chi connectivity index (χ4n) is 2.63. The van der Waals surface area contributed by atoms with Crippen molar-refractivity contribution in [3.8, 4) is 0 Å². The van der Waals surface area contributed by atoms with E-state index in [1.54, 1.807) is 0 Å². The molecule has 0 saturated carbocycles. The van der Waals surface area contributed by atoms with Crippen LogP contribution in [-0.2, 0) is 11.3 Å². The molecule has 1 amide bonds.